The van der Waals surface area contributed by atoms with Crippen LogP contribution in [0.5, 0.6) is 11.5 Å². The Bertz CT molecular complexity index is 1050. The summed E-state index contributed by atoms with van der Waals surface area (Å²) < 4.78 is 35.0. The van der Waals surface area contributed by atoms with E-state index in [-0.39, 0.29) is 48.4 Å². The molecule has 3 amide bonds. The summed E-state index contributed by atoms with van der Waals surface area (Å²) in [5.41, 5.74) is 1.22. The lowest BCUT2D eigenvalue weighted by atomic mass is 10.1. The molecule has 1 atom stereocenters. The van der Waals surface area contributed by atoms with E-state index in [0.717, 1.165) is 0 Å². The predicted molar refractivity (Wildman–Crippen MR) is 118 cm³/mol. The molecule has 33 heavy (non-hydrogen) atoms. The van der Waals surface area contributed by atoms with Crippen LogP contribution < -0.4 is 19.7 Å². The van der Waals surface area contributed by atoms with Crippen molar-refractivity contribution in [3.05, 3.63) is 48.0 Å². The van der Waals surface area contributed by atoms with Crippen LogP contribution in [0.15, 0.2) is 42.5 Å². The van der Waals surface area contributed by atoms with Gasteiger partial charge in [-0.2, -0.15) is 8.78 Å². The fourth-order valence-corrected chi connectivity index (χ4v) is 3.64. The highest BCUT2D eigenvalue weighted by Crippen LogP contribution is 2.32. The Morgan fingerprint density at radius 2 is 1.94 bits per heavy atom. The topological polar surface area (TPSA) is 88.2 Å². The Hall–Kier alpha value is -3.69. The van der Waals surface area contributed by atoms with Crippen LogP contribution in [-0.2, 0) is 9.59 Å². The monoisotopic (exact) mass is 461 g/mol. The summed E-state index contributed by atoms with van der Waals surface area (Å²) in [4.78, 5) is 41.0. The largest absolute Gasteiger partial charge is 0.490 e. The molecule has 0 aromatic heterocycles. The molecule has 1 N–H and O–H groups in total. The number of benzene rings is 2. The average molecular weight is 461 g/mol. The third-order valence-electron chi connectivity index (χ3n) is 5.05. The molecule has 0 aliphatic carbocycles. The number of ether oxygens (including phenoxy) is 2. The third kappa shape index (κ3) is 5.57. The van der Waals surface area contributed by atoms with Gasteiger partial charge in [-0.15, -0.1) is 0 Å². The van der Waals surface area contributed by atoms with Crippen molar-refractivity contribution in [2.75, 3.05) is 30.4 Å². The molecule has 0 spiro atoms. The van der Waals surface area contributed by atoms with Gasteiger partial charge in [0.1, 0.15) is 6.54 Å². The number of carbonyl (C=O) groups is 3. The van der Waals surface area contributed by atoms with E-state index in [9.17, 15) is 23.2 Å². The van der Waals surface area contributed by atoms with Gasteiger partial charge < -0.3 is 24.6 Å². The van der Waals surface area contributed by atoms with E-state index >= 15 is 0 Å². The number of alkyl halides is 2. The lowest BCUT2D eigenvalue weighted by molar-refractivity contribution is -0.119. The number of hydrogen-bond donors (Lipinski definition) is 1. The number of para-hydroxylation sites is 2. The fourth-order valence-electron chi connectivity index (χ4n) is 3.64. The Balaban J connectivity index is 1.80. The first-order valence-electron chi connectivity index (χ1n) is 10.4. The molecule has 0 saturated heterocycles. The number of fused-ring (bicyclic) bond motifs is 1. The predicted octanol–water partition coefficient (Wildman–Crippen LogP) is 3.52. The SMILES string of the molecule is CCOc1cc(C(=O)N(C)CC(=O)N2c3ccccc3NC(=O)CC2C)ccc1OC(F)F. The van der Waals surface area contributed by atoms with Crippen LogP contribution in [0.1, 0.15) is 30.6 Å². The Morgan fingerprint density at radius 1 is 1.21 bits per heavy atom. The third-order valence-corrected chi connectivity index (χ3v) is 5.05. The zero-order valence-corrected chi connectivity index (χ0v) is 18.5. The minimum atomic E-state index is -3.04. The molecule has 1 aliphatic rings. The highest BCUT2D eigenvalue weighted by Gasteiger charge is 2.31. The van der Waals surface area contributed by atoms with Crippen LogP contribution in [0.3, 0.4) is 0 Å². The lowest BCUT2D eigenvalue weighted by Gasteiger charge is -2.29. The maximum Gasteiger partial charge on any atom is 0.387 e. The number of nitrogens with zero attached hydrogens (tertiary/aromatic N) is 2. The molecule has 3 rings (SSSR count). The van der Waals surface area contributed by atoms with Gasteiger partial charge in [-0.25, -0.2) is 0 Å². The van der Waals surface area contributed by atoms with Crippen LogP contribution in [-0.4, -0.2) is 55.5 Å². The summed E-state index contributed by atoms with van der Waals surface area (Å²) in [6.07, 6.45) is 0.112. The minimum absolute atomic E-state index is 0.00281. The van der Waals surface area contributed by atoms with E-state index < -0.39 is 18.6 Å². The van der Waals surface area contributed by atoms with Crippen molar-refractivity contribution in [1.29, 1.82) is 0 Å². The standard InChI is InChI=1S/C23H25F2N3O5/c1-4-32-19-12-15(9-10-18(19)33-23(24)25)22(31)27(3)13-21(30)28-14(2)11-20(29)26-16-7-5-6-8-17(16)28/h5-10,12,14,23H,4,11,13H2,1-3H3,(H,26,29). The first-order chi connectivity index (χ1) is 15.7. The first kappa shape index (κ1) is 24.0. The molecule has 8 nitrogen and oxygen atoms in total. The molecule has 1 aliphatic heterocycles. The number of anilines is 2. The van der Waals surface area contributed by atoms with Gasteiger partial charge in [0.25, 0.3) is 5.91 Å². The Morgan fingerprint density at radius 3 is 2.64 bits per heavy atom. The summed E-state index contributed by atoms with van der Waals surface area (Å²) in [6, 6.07) is 10.4. The number of rotatable bonds is 7. The molecule has 0 radical (unpaired) electrons. The molecular weight excluding hydrogens is 436 g/mol. The molecule has 1 heterocycles. The molecular formula is C23H25F2N3O5. The summed E-state index contributed by atoms with van der Waals surface area (Å²) in [6.45, 7) is 0.323. The molecule has 0 fully saturated rings. The first-order valence-corrected chi connectivity index (χ1v) is 10.4. The normalized spacial score (nSPS) is 15.4. The smallest absolute Gasteiger partial charge is 0.387 e. The van der Waals surface area contributed by atoms with Gasteiger partial charge in [-0.3, -0.25) is 14.4 Å². The number of amides is 3. The molecule has 2 aromatic rings. The highest BCUT2D eigenvalue weighted by atomic mass is 19.3. The number of carbonyl (C=O) groups excluding carboxylic acids is 3. The molecule has 2 aromatic carbocycles. The quantitative estimate of drug-likeness (QED) is 0.682. The van der Waals surface area contributed by atoms with Crippen molar-refractivity contribution in [2.45, 2.75) is 32.9 Å². The number of halogens is 2. The maximum absolute atomic E-state index is 13.2. The lowest BCUT2D eigenvalue weighted by Crippen LogP contribution is -2.45. The molecule has 10 heteroatoms. The second-order valence-electron chi connectivity index (χ2n) is 7.52. The van der Waals surface area contributed by atoms with Crippen LogP contribution >= 0.6 is 0 Å². The zero-order chi connectivity index (χ0) is 24.1. The van der Waals surface area contributed by atoms with Crippen LogP contribution in [0.25, 0.3) is 0 Å². The zero-order valence-electron chi connectivity index (χ0n) is 18.5. The van der Waals surface area contributed by atoms with Gasteiger partial charge in [-0.1, -0.05) is 12.1 Å². The van der Waals surface area contributed by atoms with E-state index in [1.54, 1.807) is 38.1 Å². The van der Waals surface area contributed by atoms with Crippen molar-refractivity contribution in [1.82, 2.24) is 4.90 Å². The minimum Gasteiger partial charge on any atom is -0.490 e. The van der Waals surface area contributed by atoms with E-state index in [4.69, 9.17) is 4.74 Å². The van der Waals surface area contributed by atoms with Crippen molar-refractivity contribution in [2.24, 2.45) is 0 Å². The van der Waals surface area contributed by atoms with Crippen LogP contribution in [0.4, 0.5) is 20.2 Å². The number of nitrogens with one attached hydrogen (secondary N) is 1. The molecule has 0 bridgehead atoms. The summed E-state index contributed by atoms with van der Waals surface area (Å²) in [5, 5.41) is 2.78. The second kappa shape index (κ2) is 10.3. The molecule has 0 saturated carbocycles. The summed E-state index contributed by atoms with van der Waals surface area (Å²) in [7, 11) is 1.46. The van der Waals surface area contributed by atoms with Crippen LogP contribution in [0.2, 0.25) is 0 Å². The van der Waals surface area contributed by atoms with E-state index in [1.807, 2.05) is 0 Å². The fraction of sp³-hybridized carbons (Fsp3) is 0.348. The van der Waals surface area contributed by atoms with Crippen molar-refractivity contribution >= 4 is 29.1 Å². The van der Waals surface area contributed by atoms with Gasteiger partial charge in [0.05, 0.1) is 18.0 Å². The van der Waals surface area contributed by atoms with Gasteiger partial charge >= 0.3 is 6.61 Å². The van der Waals surface area contributed by atoms with Crippen molar-refractivity contribution in [3.8, 4) is 11.5 Å². The van der Waals surface area contributed by atoms with Crippen molar-refractivity contribution < 1.29 is 32.6 Å². The van der Waals surface area contributed by atoms with Gasteiger partial charge in [0, 0.05) is 25.1 Å². The average Bonchev–Trinajstić information content (AvgIpc) is 2.88. The second-order valence-corrected chi connectivity index (χ2v) is 7.52. The summed E-state index contributed by atoms with van der Waals surface area (Å²) in [5.74, 6) is -1.26. The molecule has 1 unspecified atom stereocenters. The van der Waals surface area contributed by atoms with Gasteiger partial charge in [-0.05, 0) is 44.2 Å². The van der Waals surface area contributed by atoms with E-state index in [0.29, 0.717) is 11.4 Å². The number of likely N-dealkylation sites (N-methyl/N-ethyl adjacent to an activating group) is 1. The Kier molecular flexibility index (Phi) is 7.47. The van der Waals surface area contributed by atoms with Gasteiger partial charge in [0.15, 0.2) is 11.5 Å². The summed E-state index contributed by atoms with van der Waals surface area (Å²) >= 11 is 0. The van der Waals surface area contributed by atoms with E-state index in [1.165, 1.54) is 35.0 Å². The number of hydrogen-bond acceptors (Lipinski definition) is 5. The van der Waals surface area contributed by atoms with Gasteiger partial charge in [0.2, 0.25) is 11.8 Å². The van der Waals surface area contributed by atoms with Crippen molar-refractivity contribution in [3.63, 3.8) is 0 Å². The highest BCUT2D eigenvalue weighted by molar-refractivity contribution is 6.06. The maximum atomic E-state index is 13.2. The Labute approximate surface area is 190 Å². The van der Waals surface area contributed by atoms with E-state index in [2.05, 4.69) is 10.1 Å². The molecule has 176 valence electrons. The van der Waals surface area contributed by atoms with Crippen LogP contribution in [0, 0.1) is 0 Å².